The molecule has 184 valence electrons. The molecule has 3 aromatic carbocycles. The first kappa shape index (κ1) is 25.3. The van der Waals surface area contributed by atoms with Crippen molar-refractivity contribution in [2.24, 2.45) is 0 Å². The zero-order valence-corrected chi connectivity index (χ0v) is 20.0. The number of nitrogens with one attached hydrogen (secondary N) is 1. The quantitative estimate of drug-likeness (QED) is 0.351. The lowest BCUT2D eigenvalue weighted by atomic mass is 9.96. The second-order valence-corrected chi connectivity index (χ2v) is 11.0. The van der Waals surface area contributed by atoms with Gasteiger partial charge in [-0.05, 0) is 6.07 Å². The predicted octanol–water partition coefficient (Wildman–Crippen LogP) is 0.510. The number of hydrogen-bond donors (Lipinski definition) is 4. The van der Waals surface area contributed by atoms with Crippen LogP contribution in [0.3, 0.4) is 0 Å². The zero-order chi connectivity index (χ0) is 25.0. The molecule has 1 heterocycles. The molecule has 1 aliphatic rings. The van der Waals surface area contributed by atoms with E-state index in [0.29, 0.717) is 15.9 Å². The van der Waals surface area contributed by atoms with Gasteiger partial charge in [-0.3, -0.25) is 4.79 Å². The monoisotopic (exact) mass is 497 g/mol. The lowest BCUT2D eigenvalue weighted by Gasteiger charge is -2.41. The summed E-state index contributed by atoms with van der Waals surface area (Å²) in [7, 11) is -2.12. The Balaban J connectivity index is 1.76. The maximum atomic E-state index is 14.8. The highest BCUT2D eigenvalue weighted by molar-refractivity contribution is 7.85. The molecule has 0 radical (unpaired) electrons. The standard InChI is InChI=1S/C26H28NO7P/c1-33-26-22(24(30)23(29)20(16-28)34-26)27-25(31)19-14-8-9-15-21(19)35(32,17-10-4-2-5-11-17)18-12-6-3-7-13-18/h2-15,20,22-24,26,28-30H,16H2,1H3,(H,27,31)/t20?,22-,23-,24?,26+/m0/s1. The van der Waals surface area contributed by atoms with Gasteiger partial charge in [-0.25, -0.2) is 0 Å². The molecule has 35 heavy (non-hydrogen) atoms. The fourth-order valence-corrected chi connectivity index (χ4v) is 7.16. The summed E-state index contributed by atoms with van der Waals surface area (Å²) in [6.45, 7) is -0.529. The summed E-state index contributed by atoms with van der Waals surface area (Å²) in [5.41, 5.74) is 0.157. The topological polar surface area (TPSA) is 125 Å². The molecule has 0 aromatic heterocycles. The van der Waals surface area contributed by atoms with E-state index in [-0.39, 0.29) is 5.56 Å². The van der Waals surface area contributed by atoms with Crippen LogP contribution in [0, 0.1) is 0 Å². The van der Waals surface area contributed by atoms with Gasteiger partial charge in [-0.15, -0.1) is 0 Å². The van der Waals surface area contributed by atoms with E-state index in [0.717, 1.165) is 0 Å². The van der Waals surface area contributed by atoms with Crippen molar-refractivity contribution in [1.82, 2.24) is 5.32 Å². The van der Waals surface area contributed by atoms with Crippen molar-refractivity contribution in [1.29, 1.82) is 0 Å². The maximum absolute atomic E-state index is 14.8. The van der Waals surface area contributed by atoms with Gasteiger partial charge in [-0.1, -0.05) is 78.9 Å². The third-order valence-electron chi connectivity index (χ3n) is 6.14. The molecule has 3 aromatic rings. The Morgan fingerprint density at radius 2 is 1.46 bits per heavy atom. The number of carbonyl (C=O) groups is 1. The van der Waals surface area contributed by atoms with E-state index in [2.05, 4.69) is 5.32 Å². The van der Waals surface area contributed by atoms with Crippen LogP contribution in [-0.4, -0.2) is 65.6 Å². The largest absolute Gasteiger partial charge is 0.394 e. The van der Waals surface area contributed by atoms with Crippen molar-refractivity contribution in [3.8, 4) is 0 Å². The van der Waals surface area contributed by atoms with Gasteiger partial charge < -0.3 is 34.7 Å². The Morgan fingerprint density at radius 3 is 2.00 bits per heavy atom. The maximum Gasteiger partial charge on any atom is 0.252 e. The molecule has 4 rings (SSSR count). The molecule has 1 aliphatic heterocycles. The normalized spacial score (nSPS) is 24.6. The van der Waals surface area contributed by atoms with Crippen LogP contribution in [0.5, 0.6) is 0 Å². The van der Waals surface area contributed by atoms with Crippen molar-refractivity contribution in [3.05, 3.63) is 90.5 Å². The molecule has 1 amide bonds. The predicted molar refractivity (Wildman–Crippen MR) is 132 cm³/mol. The van der Waals surface area contributed by atoms with Crippen LogP contribution in [0.1, 0.15) is 10.4 Å². The Labute approximate surface area is 203 Å². The van der Waals surface area contributed by atoms with E-state index in [1.807, 2.05) is 12.1 Å². The van der Waals surface area contributed by atoms with Crippen LogP contribution in [0.4, 0.5) is 0 Å². The van der Waals surface area contributed by atoms with Crippen LogP contribution >= 0.6 is 7.14 Å². The van der Waals surface area contributed by atoms with Crippen molar-refractivity contribution in [2.75, 3.05) is 13.7 Å². The second-order valence-electron chi connectivity index (χ2n) is 8.24. The van der Waals surface area contributed by atoms with Gasteiger partial charge >= 0.3 is 0 Å². The van der Waals surface area contributed by atoms with E-state index < -0.39 is 50.3 Å². The number of ether oxygens (including phenoxy) is 2. The summed E-state index contributed by atoms with van der Waals surface area (Å²) >= 11 is 0. The Bertz CT molecular complexity index is 1150. The summed E-state index contributed by atoms with van der Waals surface area (Å²) in [4.78, 5) is 13.5. The third kappa shape index (κ3) is 4.82. The van der Waals surface area contributed by atoms with E-state index in [1.54, 1.807) is 72.8 Å². The van der Waals surface area contributed by atoms with Crippen molar-refractivity contribution >= 4 is 29.0 Å². The minimum atomic E-state index is -3.45. The lowest BCUT2D eigenvalue weighted by Crippen LogP contribution is -2.64. The number of amides is 1. The van der Waals surface area contributed by atoms with Gasteiger partial charge in [0.25, 0.3) is 5.91 Å². The van der Waals surface area contributed by atoms with Crippen molar-refractivity contribution in [2.45, 2.75) is 30.6 Å². The van der Waals surface area contributed by atoms with E-state index >= 15 is 0 Å². The van der Waals surface area contributed by atoms with E-state index in [9.17, 15) is 24.7 Å². The second kappa shape index (κ2) is 10.8. The number of benzene rings is 3. The van der Waals surface area contributed by atoms with E-state index in [4.69, 9.17) is 9.47 Å². The van der Waals surface area contributed by atoms with Gasteiger partial charge in [0.2, 0.25) is 0 Å². The summed E-state index contributed by atoms with van der Waals surface area (Å²) in [5, 5.41) is 34.5. The molecule has 0 spiro atoms. The van der Waals surface area contributed by atoms with Crippen LogP contribution in [0.15, 0.2) is 84.9 Å². The average Bonchev–Trinajstić information content (AvgIpc) is 2.92. The Kier molecular flexibility index (Phi) is 7.82. The molecule has 4 N–H and O–H groups in total. The molecule has 5 atom stereocenters. The first-order valence-electron chi connectivity index (χ1n) is 11.2. The van der Waals surface area contributed by atoms with Gasteiger partial charge in [-0.2, -0.15) is 0 Å². The van der Waals surface area contributed by atoms with E-state index in [1.165, 1.54) is 7.11 Å². The molecular formula is C26H28NO7P. The number of hydrogen-bond acceptors (Lipinski definition) is 7. The molecule has 9 heteroatoms. The van der Waals surface area contributed by atoms with Gasteiger partial charge in [0.1, 0.15) is 24.4 Å². The molecular weight excluding hydrogens is 469 g/mol. The van der Waals surface area contributed by atoms with Gasteiger partial charge in [0, 0.05) is 23.0 Å². The molecule has 0 aliphatic carbocycles. The Morgan fingerprint density at radius 1 is 0.914 bits per heavy atom. The van der Waals surface area contributed by atoms with Crippen LogP contribution in [0.25, 0.3) is 0 Å². The molecule has 1 saturated heterocycles. The van der Waals surface area contributed by atoms with Crippen molar-refractivity contribution in [3.63, 3.8) is 0 Å². The Hall–Kier alpha value is -2.84. The number of aliphatic hydroxyl groups is 3. The zero-order valence-electron chi connectivity index (χ0n) is 19.1. The highest BCUT2D eigenvalue weighted by Crippen LogP contribution is 2.43. The summed E-state index contributed by atoms with van der Waals surface area (Å²) in [6.07, 6.45) is -5.08. The minimum absolute atomic E-state index is 0.157. The third-order valence-corrected chi connectivity index (χ3v) is 9.26. The highest BCUT2D eigenvalue weighted by Gasteiger charge is 2.45. The van der Waals surface area contributed by atoms with Gasteiger partial charge in [0.15, 0.2) is 13.4 Å². The molecule has 8 nitrogen and oxygen atoms in total. The smallest absolute Gasteiger partial charge is 0.252 e. The molecule has 2 unspecified atom stereocenters. The SMILES string of the molecule is CO[C@@H]1OC(CO)[C@H](O)C(O)[C@@H]1NC(=O)c1ccccc1P(=O)(c1ccccc1)c1ccccc1. The number of rotatable bonds is 7. The van der Waals surface area contributed by atoms with Gasteiger partial charge in [0.05, 0.1) is 12.2 Å². The number of carbonyl (C=O) groups excluding carboxylic acids is 1. The summed E-state index contributed by atoms with van der Waals surface area (Å²) in [6, 6.07) is 23.4. The first-order valence-corrected chi connectivity index (χ1v) is 12.9. The lowest BCUT2D eigenvalue weighted by molar-refractivity contribution is -0.261. The summed E-state index contributed by atoms with van der Waals surface area (Å²) < 4.78 is 25.6. The first-order chi connectivity index (χ1) is 16.9. The van der Waals surface area contributed by atoms with Crippen molar-refractivity contribution < 1.29 is 34.2 Å². The fourth-order valence-electron chi connectivity index (χ4n) is 4.31. The minimum Gasteiger partial charge on any atom is -0.394 e. The molecule has 0 bridgehead atoms. The van der Waals surface area contributed by atoms with Crippen LogP contribution in [-0.2, 0) is 14.0 Å². The molecule has 1 fully saturated rings. The summed E-state index contributed by atoms with van der Waals surface area (Å²) in [5.74, 6) is -0.614. The average molecular weight is 497 g/mol. The highest BCUT2D eigenvalue weighted by atomic mass is 31.2. The number of methoxy groups -OCH3 is 1. The molecule has 0 saturated carbocycles. The van der Waals surface area contributed by atoms with Crippen LogP contribution in [0.2, 0.25) is 0 Å². The fraction of sp³-hybridized carbons (Fsp3) is 0.269. The number of aliphatic hydroxyl groups excluding tert-OH is 3. The van der Waals surface area contributed by atoms with Crippen LogP contribution < -0.4 is 21.2 Å².